The summed E-state index contributed by atoms with van der Waals surface area (Å²) in [4.78, 5) is 12.4. The molecule has 2 N–H and O–H groups in total. The minimum absolute atomic E-state index is 0.0307. The number of nitrogens with one attached hydrogen (secondary N) is 2. The molecule has 0 spiro atoms. The third kappa shape index (κ3) is 6.88. The van der Waals surface area contributed by atoms with Crippen molar-refractivity contribution in [1.82, 2.24) is 10.6 Å². The molecule has 1 unspecified atom stereocenters. The van der Waals surface area contributed by atoms with Crippen LogP contribution in [-0.4, -0.2) is 21.4 Å². The number of hydrogen-bond acceptors (Lipinski definition) is 2. The van der Waals surface area contributed by atoms with Crippen molar-refractivity contribution in [2.75, 3.05) is 0 Å². The van der Waals surface area contributed by atoms with Crippen LogP contribution in [0.25, 0.3) is 0 Å². The molecule has 0 heterocycles. The SMILES string of the molecule is CC(C)(C)NC(NC(=O)c1ccc(C(C)(C)C)cc1)C(Cl)(Cl)Cl. The summed E-state index contributed by atoms with van der Waals surface area (Å²) in [5.74, 6) is -0.293. The number of carbonyl (C=O) groups is 1. The van der Waals surface area contributed by atoms with Crippen LogP contribution in [0.3, 0.4) is 0 Å². The molecule has 1 rings (SSSR count). The third-order valence-corrected chi connectivity index (χ3v) is 3.85. The second kappa shape index (κ2) is 7.18. The van der Waals surface area contributed by atoms with E-state index in [0.29, 0.717) is 5.56 Å². The summed E-state index contributed by atoms with van der Waals surface area (Å²) in [6.45, 7) is 12.2. The van der Waals surface area contributed by atoms with Crippen LogP contribution in [0.5, 0.6) is 0 Å². The predicted molar refractivity (Wildman–Crippen MR) is 99.6 cm³/mol. The Bertz CT molecular complexity index is 537. The molecule has 0 bridgehead atoms. The molecule has 0 fully saturated rings. The van der Waals surface area contributed by atoms with E-state index in [2.05, 4.69) is 31.4 Å². The Balaban J connectivity index is 2.91. The predicted octanol–water partition coefficient (Wildman–Crippen LogP) is 4.80. The molecule has 1 atom stereocenters. The van der Waals surface area contributed by atoms with E-state index >= 15 is 0 Å². The van der Waals surface area contributed by atoms with E-state index in [9.17, 15) is 4.79 Å². The highest BCUT2D eigenvalue weighted by atomic mass is 35.6. The molecule has 1 aromatic rings. The quantitative estimate of drug-likeness (QED) is 0.585. The molecule has 1 aromatic carbocycles. The van der Waals surface area contributed by atoms with Crippen molar-refractivity contribution in [2.24, 2.45) is 0 Å². The largest absolute Gasteiger partial charge is 0.333 e. The van der Waals surface area contributed by atoms with Crippen LogP contribution in [0.2, 0.25) is 0 Å². The van der Waals surface area contributed by atoms with Crippen LogP contribution in [0.1, 0.15) is 57.5 Å². The Hall–Kier alpha value is -0.480. The van der Waals surface area contributed by atoms with Crippen molar-refractivity contribution in [2.45, 2.75) is 62.5 Å². The lowest BCUT2D eigenvalue weighted by Crippen LogP contribution is -2.58. The second-order valence-electron chi connectivity index (χ2n) is 7.67. The van der Waals surface area contributed by atoms with E-state index in [4.69, 9.17) is 34.8 Å². The van der Waals surface area contributed by atoms with Gasteiger partial charge in [-0.25, -0.2) is 0 Å². The van der Waals surface area contributed by atoms with Gasteiger partial charge in [0.2, 0.25) is 3.79 Å². The molecule has 1 amide bonds. The lowest BCUT2D eigenvalue weighted by atomic mass is 9.87. The van der Waals surface area contributed by atoms with Gasteiger partial charge in [-0.15, -0.1) is 0 Å². The Morgan fingerprint density at radius 3 is 1.78 bits per heavy atom. The lowest BCUT2D eigenvalue weighted by molar-refractivity contribution is 0.0922. The maximum Gasteiger partial charge on any atom is 0.252 e. The summed E-state index contributed by atoms with van der Waals surface area (Å²) >= 11 is 17.9. The van der Waals surface area contributed by atoms with Crippen LogP contribution < -0.4 is 10.6 Å². The monoisotopic (exact) mass is 378 g/mol. The van der Waals surface area contributed by atoms with Crippen molar-refractivity contribution in [3.8, 4) is 0 Å². The minimum atomic E-state index is -1.66. The minimum Gasteiger partial charge on any atom is -0.333 e. The average Bonchev–Trinajstić information content (AvgIpc) is 2.34. The van der Waals surface area contributed by atoms with E-state index in [1.165, 1.54) is 0 Å². The number of rotatable bonds is 3. The second-order valence-corrected chi connectivity index (χ2v) is 10.0. The summed E-state index contributed by atoms with van der Waals surface area (Å²) in [5.41, 5.74) is 1.38. The fourth-order valence-electron chi connectivity index (χ4n) is 1.97. The molecule has 0 aliphatic carbocycles. The number of carbonyl (C=O) groups excluding carboxylic acids is 1. The van der Waals surface area contributed by atoms with Crippen LogP contribution in [0.15, 0.2) is 24.3 Å². The Labute approximate surface area is 154 Å². The van der Waals surface area contributed by atoms with Crippen LogP contribution in [-0.2, 0) is 5.41 Å². The summed E-state index contributed by atoms with van der Waals surface area (Å²) in [6.07, 6.45) is -0.803. The first kappa shape index (κ1) is 20.6. The van der Waals surface area contributed by atoms with Crippen molar-refractivity contribution < 1.29 is 4.79 Å². The van der Waals surface area contributed by atoms with E-state index in [0.717, 1.165) is 5.56 Å². The summed E-state index contributed by atoms with van der Waals surface area (Å²) in [6, 6.07) is 7.44. The van der Waals surface area contributed by atoms with Gasteiger partial charge in [0.1, 0.15) is 6.17 Å². The van der Waals surface area contributed by atoms with Gasteiger partial charge >= 0.3 is 0 Å². The number of amides is 1. The molecule has 3 nitrogen and oxygen atoms in total. The molecule has 6 heteroatoms. The zero-order valence-corrected chi connectivity index (χ0v) is 16.7. The van der Waals surface area contributed by atoms with Gasteiger partial charge in [0.05, 0.1) is 0 Å². The highest BCUT2D eigenvalue weighted by Crippen LogP contribution is 2.30. The van der Waals surface area contributed by atoms with Crippen molar-refractivity contribution in [3.63, 3.8) is 0 Å². The smallest absolute Gasteiger partial charge is 0.252 e. The molecule has 130 valence electrons. The van der Waals surface area contributed by atoms with Gasteiger partial charge in [-0.05, 0) is 43.9 Å². The highest BCUT2D eigenvalue weighted by molar-refractivity contribution is 6.68. The molecular weight excluding hydrogens is 355 g/mol. The number of hydrogen-bond donors (Lipinski definition) is 2. The number of halogens is 3. The Morgan fingerprint density at radius 2 is 1.43 bits per heavy atom. The Kier molecular flexibility index (Phi) is 6.42. The topological polar surface area (TPSA) is 41.1 Å². The maximum absolute atomic E-state index is 12.4. The van der Waals surface area contributed by atoms with Gasteiger partial charge in [-0.2, -0.15) is 0 Å². The van der Waals surface area contributed by atoms with Gasteiger partial charge < -0.3 is 5.32 Å². The van der Waals surface area contributed by atoms with E-state index < -0.39 is 9.96 Å². The molecule has 0 aromatic heterocycles. The first-order valence-corrected chi connectivity index (χ1v) is 8.59. The average molecular weight is 380 g/mol. The summed E-state index contributed by atoms with van der Waals surface area (Å²) in [5, 5.41) is 5.85. The first-order chi connectivity index (χ1) is 10.2. The molecule has 0 saturated heterocycles. The molecule has 0 radical (unpaired) electrons. The van der Waals surface area contributed by atoms with Gasteiger partial charge in [0.15, 0.2) is 0 Å². The summed E-state index contributed by atoms with van der Waals surface area (Å²) < 4.78 is -1.66. The van der Waals surface area contributed by atoms with E-state index in [-0.39, 0.29) is 16.9 Å². The standard InChI is InChI=1S/C17H25Cl3N2O/c1-15(2,3)12-9-7-11(8-10-12)13(23)21-14(17(18,19)20)22-16(4,5)6/h7-10,14,22H,1-6H3,(H,21,23). The molecule has 23 heavy (non-hydrogen) atoms. The molecular formula is C17H25Cl3N2O. The molecule has 0 saturated carbocycles. The third-order valence-electron chi connectivity index (χ3n) is 3.19. The fraction of sp³-hybridized carbons (Fsp3) is 0.588. The van der Waals surface area contributed by atoms with Crippen LogP contribution in [0.4, 0.5) is 0 Å². The van der Waals surface area contributed by atoms with Gasteiger partial charge in [0, 0.05) is 11.1 Å². The molecule has 0 aliphatic rings. The number of benzene rings is 1. The van der Waals surface area contributed by atoms with Crippen molar-refractivity contribution in [1.29, 1.82) is 0 Å². The van der Waals surface area contributed by atoms with Gasteiger partial charge in [-0.3, -0.25) is 10.1 Å². The first-order valence-electron chi connectivity index (χ1n) is 7.46. The summed E-state index contributed by atoms with van der Waals surface area (Å²) in [7, 11) is 0. The van der Waals surface area contributed by atoms with Gasteiger partial charge in [-0.1, -0.05) is 67.7 Å². The normalized spacial score (nSPS) is 14.5. The van der Waals surface area contributed by atoms with Crippen LogP contribution >= 0.6 is 34.8 Å². The Morgan fingerprint density at radius 1 is 0.957 bits per heavy atom. The maximum atomic E-state index is 12.4. The van der Waals surface area contributed by atoms with Crippen LogP contribution in [0, 0.1) is 0 Å². The molecule has 0 aliphatic heterocycles. The van der Waals surface area contributed by atoms with Crippen molar-refractivity contribution in [3.05, 3.63) is 35.4 Å². The fourth-order valence-corrected chi connectivity index (χ4v) is 2.30. The van der Waals surface area contributed by atoms with Crippen molar-refractivity contribution >= 4 is 40.7 Å². The highest BCUT2D eigenvalue weighted by Gasteiger charge is 2.36. The zero-order valence-electron chi connectivity index (χ0n) is 14.4. The van der Waals surface area contributed by atoms with E-state index in [1.807, 2.05) is 32.9 Å². The van der Waals surface area contributed by atoms with E-state index in [1.54, 1.807) is 12.1 Å². The lowest BCUT2D eigenvalue weighted by Gasteiger charge is -2.33. The zero-order chi connectivity index (χ0) is 18.1. The van der Waals surface area contributed by atoms with Gasteiger partial charge in [0.25, 0.3) is 5.91 Å². The number of alkyl halides is 3.